The van der Waals surface area contributed by atoms with Gasteiger partial charge in [-0.25, -0.2) is 8.42 Å². The lowest BCUT2D eigenvalue weighted by Crippen LogP contribution is -2.50. The Morgan fingerprint density at radius 3 is 2.55 bits per heavy atom. The number of fused-ring (bicyclic) bond motifs is 1. The van der Waals surface area contributed by atoms with Gasteiger partial charge in [0.15, 0.2) is 6.61 Å². The first-order valence-corrected chi connectivity index (χ1v) is 10.8. The van der Waals surface area contributed by atoms with E-state index in [1.165, 1.54) is 22.5 Å². The second-order valence-electron chi connectivity index (χ2n) is 6.70. The summed E-state index contributed by atoms with van der Waals surface area (Å²) in [7, 11) is -3.77. The zero-order chi connectivity index (χ0) is 20.6. The highest BCUT2D eigenvalue weighted by molar-refractivity contribution is 7.89. The summed E-state index contributed by atoms with van der Waals surface area (Å²) in [5.74, 6) is -0.0844. The molecule has 152 valence electrons. The van der Waals surface area contributed by atoms with E-state index in [1.54, 1.807) is 29.2 Å². The molecular weight excluding hydrogens is 418 g/mol. The first kappa shape index (κ1) is 19.7. The quantitative estimate of drug-likeness (QED) is 0.793. The first-order valence-electron chi connectivity index (χ1n) is 8.96. The highest BCUT2D eigenvalue weighted by Gasteiger charge is 2.31. The van der Waals surface area contributed by atoms with Crippen LogP contribution >= 0.6 is 11.6 Å². The van der Waals surface area contributed by atoms with Crippen LogP contribution in [0.5, 0.6) is 5.75 Å². The average molecular weight is 436 g/mol. The Morgan fingerprint density at radius 1 is 1.07 bits per heavy atom. The zero-order valence-corrected chi connectivity index (χ0v) is 16.9. The van der Waals surface area contributed by atoms with E-state index in [-0.39, 0.29) is 49.5 Å². The first-order chi connectivity index (χ1) is 13.8. The lowest BCUT2D eigenvalue weighted by Gasteiger charge is -2.34. The van der Waals surface area contributed by atoms with Crippen molar-refractivity contribution < 1.29 is 22.7 Å². The monoisotopic (exact) mass is 435 g/mol. The third-order valence-electron chi connectivity index (χ3n) is 4.82. The van der Waals surface area contributed by atoms with Gasteiger partial charge in [0.05, 0.1) is 10.6 Å². The molecule has 10 heteroatoms. The number of amides is 2. The number of nitrogens with one attached hydrogen (secondary N) is 1. The van der Waals surface area contributed by atoms with Gasteiger partial charge in [0.1, 0.15) is 5.75 Å². The highest BCUT2D eigenvalue weighted by atomic mass is 35.5. The molecule has 1 N–H and O–H groups in total. The number of nitrogens with zero attached hydrogens (tertiary/aromatic N) is 2. The van der Waals surface area contributed by atoms with Crippen molar-refractivity contribution in [3.8, 4) is 5.75 Å². The topological polar surface area (TPSA) is 96.0 Å². The Labute approximate surface area is 173 Å². The summed E-state index contributed by atoms with van der Waals surface area (Å²) in [6, 6.07) is 11.0. The molecule has 2 aromatic carbocycles. The van der Waals surface area contributed by atoms with Crippen LogP contribution in [0, 0.1) is 0 Å². The third-order valence-corrected chi connectivity index (χ3v) is 6.95. The molecule has 0 spiro atoms. The van der Waals surface area contributed by atoms with E-state index in [1.807, 2.05) is 0 Å². The minimum absolute atomic E-state index is 0.0664. The van der Waals surface area contributed by atoms with Crippen LogP contribution in [0.4, 0.5) is 5.69 Å². The van der Waals surface area contributed by atoms with Crippen LogP contribution in [0.15, 0.2) is 47.4 Å². The third kappa shape index (κ3) is 3.93. The van der Waals surface area contributed by atoms with Crippen LogP contribution < -0.4 is 10.1 Å². The van der Waals surface area contributed by atoms with Crippen molar-refractivity contribution in [1.29, 1.82) is 0 Å². The van der Waals surface area contributed by atoms with Crippen LogP contribution in [0.3, 0.4) is 0 Å². The number of halogens is 1. The van der Waals surface area contributed by atoms with Crippen LogP contribution in [0.2, 0.25) is 5.02 Å². The molecule has 0 atom stereocenters. The van der Waals surface area contributed by atoms with E-state index in [4.69, 9.17) is 16.3 Å². The van der Waals surface area contributed by atoms with Gasteiger partial charge in [0.25, 0.3) is 11.8 Å². The molecule has 8 nitrogen and oxygen atoms in total. The van der Waals surface area contributed by atoms with Gasteiger partial charge < -0.3 is 15.0 Å². The van der Waals surface area contributed by atoms with Crippen LogP contribution in [0.1, 0.15) is 10.4 Å². The van der Waals surface area contributed by atoms with E-state index < -0.39 is 10.0 Å². The predicted molar refractivity (Wildman–Crippen MR) is 107 cm³/mol. The number of rotatable bonds is 3. The van der Waals surface area contributed by atoms with Gasteiger partial charge in [-0.15, -0.1) is 0 Å². The number of piperazine rings is 1. The molecule has 0 radical (unpaired) electrons. The maximum absolute atomic E-state index is 13.0. The lowest BCUT2D eigenvalue weighted by molar-refractivity contribution is -0.118. The van der Waals surface area contributed by atoms with Crippen LogP contribution in [-0.2, 0) is 14.8 Å². The molecule has 0 unspecified atom stereocenters. The minimum atomic E-state index is -3.77. The summed E-state index contributed by atoms with van der Waals surface area (Å²) < 4.78 is 32.6. The van der Waals surface area contributed by atoms with E-state index in [0.717, 1.165) is 0 Å². The molecule has 1 saturated heterocycles. The molecule has 0 bridgehead atoms. The number of hydrogen-bond donors (Lipinski definition) is 1. The smallest absolute Gasteiger partial charge is 0.262 e. The Morgan fingerprint density at radius 2 is 1.83 bits per heavy atom. The van der Waals surface area contributed by atoms with E-state index in [0.29, 0.717) is 22.0 Å². The number of carbonyl (C=O) groups excluding carboxylic acids is 2. The number of ether oxygens (including phenoxy) is 1. The number of benzene rings is 2. The summed E-state index contributed by atoms with van der Waals surface area (Å²) >= 11 is 5.94. The summed E-state index contributed by atoms with van der Waals surface area (Å²) in [4.78, 5) is 25.8. The van der Waals surface area contributed by atoms with Gasteiger partial charge in [0.2, 0.25) is 10.0 Å². The summed E-state index contributed by atoms with van der Waals surface area (Å²) in [6.07, 6.45) is 0. The number of sulfonamides is 1. The second-order valence-corrected chi connectivity index (χ2v) is 9.08. The molecule has 2 heterocycles. The van der Waals surface area contributed by atoms with E-state index in [9.17, 15) is 18.0 Å². The Balaban J connectivity index is 1.47. The molecule has 2 aliphatic rings. The van der Waals surface area contributed by atoms with Crippen molar-refractivity contribution in [2.45, 2.75) is 4.90 Å². The lowest BCUT2D eigenvalue weighted by atomic mass is 10.2. The van der Waals surface area contributed by atoms with Crippen molar-refractivity contribution in [2.75, 3.05) is 38.1 Å². The van der Waals surface area contributed by atoms with Crippen molar-refractivity contribution in [1.82, 2.24) is 9.21 Å². The van der Waals surface area contributed by atoms with Crippen molar-refractivity contribution in [2.24, 2.45) is 0 Å². The van der Waals surface area contributed by atoms with Gasteiger partial charge in [-0.1, -0.05) is 17.7 Å². The molecule has 2 amide bonds. The molecule has 29 heavy (non-hydrogen) atoms. The fraction of sp³-hybridized carbons (Fsp3) is 0.263. The molecule has 0 saturated carbocycles. The predicted octanol–water partition coefficient (Wildman–Crippen LogP) is 1.82. The van der Waals surface area contributed by atoms with Gasteiger partial charge in [0, 0.05) is 36.8 Å². The van der Waals surface area contributed by atoms with Gasteiger partial charge in [-0.05, 0) is 36.4 Å². The molecule has 2 aromatic rings. The second kappa shape index (κ2) is 7.66. The molecular formula is C19H18ClN3O5S. The SMILES string of the molecule is O=C1COc2ccc(S(=O)(=O)N3CCN(C(=O)c4cccc(Cl)c4)CC3)cc2N1. The van der Waals surface area contributed by atoms with Crippen molar-refractivity contribution in [3.05, 3.63) is 53.1 Å². The van der Waals surface area contributed by atoms with Crippen molar-refractivity contribution in [3.63, 3.8) is 0 Å². The maximum Gasteiger partial charge on any atom is 0.262 e. The Hall–Kier alpha value is -2.62. The van der Waals surface area contributed by atoms with Gasteiger partial charge >= 0.3 is 0 Å². The van der Waals surface area contributed by atoms with E-state index in [2.05, 4.69) is 5.32 Å². The fourth-order valence-corrected chi connectivity index (χ4v) is 4.95. The maximum atomic E-state index is 13.0. The minimum Gasteiger partial charge on any atom is -0.482 e. The normalized spacial score (nSPS) is 17.3. The molecule has 0 aromatic heterocycles. The summed E-state index contributed by atoms with van der Waals surface area (Å²) in [5, 5.41) is 3.08. The average Bonchev–Trinajstić information content (AvgIpc) is 2.72. The van der Waals surface area contributed by atoms with Crippen molar-refractivity contribution >= 4 is 39.1 Å². The summed E-state index contributed by atoms with van der Waals surface area (Å²) in [6.45, 7) is 0.801. The molecule has 4 rings (SSSR count). The number of anilines is 1. The van der Waals surface area contributed by atoms with Gasteiger partial charge in [-0.2, -0.15) is 4.31 Å². The Kier molecular flexibility index (Phi) is 5.20. The standard InChI is InChI=1S/C19H18ClN3O5S/c20-14-3-1-2-13(10-14)19(25)22-6-8-23(9-7-22)29(26,27)15-4-5-17-16(11-15)21-18(24)12-28-17/h1-5,10-11H,6-9,12H2,(H,21,24). The fourth-order valence-electron chi connectivity index (χ4n) is 3.31. The molecule has 2 aliphatic heterocycles. The summed E-state index contributed by atoms with van der Waals surface area (Å²) in [5.41, 5.74) is 0.802. The van der Waals surface area contributed by atoms with E-state index >= 15 is 0 Å². The zero-order valence-electron chi connectivity index (χ0n) is 15.3. The molecule has 0 aliphatic carbocycles. The van der Waals surface area contributed by atoms with Gasteiger partial charge in [-0.3, -0.25) is 9.59 Å². The van der Waals surface area contributed by atoms with Crippen LogP contribution in [-0.4, -0.2) is 62.2 Å². The Bertz CT molecular complexity index is 1080. The number of carbonyl (C=O) groups is 2. The van der Waals surface area contributed by atoms with Crippen LogP contribution in [0.25, 0.3) is 0 Å². The number of hydrogen-bond acceptors (Lipinski definition) is 5. The largest absolute Gasteiger partial charge is 0.482 e. The molecule has 1 fully saturated rings. The highest BCUT2D eigenvalue weighted by Crippen LogP contribution is 2.31.